The third-order valence-corrected chi connectivity index (χ3v) is 8.76. The van der Waals surface area contributed by atoms with Gasteiger partial charge in [0.1, 0.15) is 0 Å². The second kappa shape index (κ2) is 10.5. The van der Waals surface area contributed by atoms with Crippen LogP contribution in [0.25, 0.3) is 10.9 Å². The minimum atomic E-state index is 0. The van der Waals surface area contributed by atoms with Gasteiger partial charge in [-0.05, 0) is 66.7 Å². The van der Waals surface area contributed by atoms with Gasteiger partial charge in [0.25, 0.3) is 0 Å². The number of anilines is 1. The Balaban J connectivity index is 0.00000289. The van der Waals surface area contributed by atoms with Crippen molar-refractivity contribution in [2.24, 2.45) is 11.8 Å². The Kier molecular flexibility index (Phi) is 7.86. The van der Waals surface area contributed by atoms with E-state index in [1.807, 2.05) is 6.20 Å². The van der Waals surface area contributed by atoms with Crippen molar-refractivity contribution in [2.75, 3.05) is 18.0 Å². The lowest BCUT2D eigenvalue weighted by molar-refractivity contribution is 0.220. The lowest BCUT2D eigenvalue weighted by atomic mass is 9.76. The smallest absolute Gasteiger partial charge is 0.153 e. The molecule has 0 spiro atoms. The summed E-state index contributed by atoms with van der Waals surface area (Å²) < 4.78 is 2.53. The number of pyridine rings is 1. The SMILES string of the molecule is Cc1c(C)n(Cc2ccc(C(C)(C)C)cc2)c2c(N3CCCC(C4CCCCC4)C3)nccc12.Cl. The summed E-state index contributed by atoms with van der Waals surface area (Å²) in [5.74, 6) is 2.97. The number of rotatable bonds is 4. The predicted octanol–water partition coefficient (Wildman–Crippen LogP) is 8.22. The normalized spacial score (nSPS) is 19.7. The van der Waals surface area contributed by atoms with Gasteiger partial charge < -0.3 is 9.47 Å². The number of nitrogens with zero attached hydrogens (tertiary/aromatic N) is 3. The predicted molar refractivity (Wildman–Crippen MR) is 152 cm³/mol. The topological polar surface area (TPSA) is 21.1 Å². The first kappa shape index (κ1) is 26.1. The first-order chi connectivity index (χ1) is 16.3. The molecule has 1 aliphatic heterocycles. The maximum Gasteiger partial charge on any atom is 0.153 e. The summed E-state index contributed by atoms with van der Waals surface area (Å²) in [5, 5.41) is 1.37. The Hall–Kier alpha value is -2.00. The standard InChI is InChI=1S/C31H43N3.ClH/c1-22-23(2)34(20-24-13-15-27(16-14-24)31(3,4)5)29-28(22)17-18-32-30(29)33-19-9-12-26(21-33)25-10-7-6-8-11-25;/h13-18,25-26H,6-12,19-21H2,1-5H3;1H. The molecule has 0 radical (unpaired) electrons. The van der Waals surface area contributed by atoms with Gasteiger partial charge in [-0.3, -0.25) is 0 Å². The van der Waals surface area contributed by atoms with Gasteiger partial charge >= 0.3 is 0 Å². The van der Waals surface area contributed by atoms with Crippen LogP contribution in [0.4, 0.5) is 5.82 Å². The number of hydrogen-bond acceptors (Lipinski definition) is 2. The summed E-state index contributed by atoms with van der Waals surface area (Å²) in [7, 11) is 0. The Labute approximate surface area is 218 Å². The molecule has 3 aromatic rings. The van der Waals surface area contributed by atoms with E-state index in [1.54, 1.807) is 0 Å². The zero-order chi connectivity index (χ0) is 23.9. The van der Waals surface area contributed by atoms with Gasteiger partial charge in [0.05, 0.1) is 5.52 Å². The van der Waals surface area contributed by atoms with Crippen LogP contribution in [0.3, 0.4) is 0 Å². The van der Waals surface area contributed by atoms with Crippen molar-refractivity contribution in [1.29, 1.82) is 0 Å². The molecule has 1 aliphatic carbocycles. The average Bonchev–Trinajstić information content (AvgIpc) is 3.09. The van der Waals surface area contributed by atoms with E-state index in [2.05, 4.69) is 74.4 Å². The molecule has 0 N–H and O–H groups in total. The van der Waals surface area contributed by atoms with Crippen LogP contribution < -0.4 is 4.90 Å². The Bertz CT molecular complexity index is 1130. The van der Waals surface area contributed by atoms with E-state index in [-0.39, 0.29) is 17.8 Å². The van der Waals surface area contributed by atoms with Gasteiger partial charge in [-0.2, -0.15) is 0 Å². The largest absolute Gasteiger partial charge is 0.355 e. The highest BCUT2D eigenvalue weighted by Gasteiger charge is 2.30. The van der Waals surface area contributed by atoms with E-state index in [9.17, 15) is 0 Å². The maximum atomic E-state index is 5.02. The van der Waals surface area contributed by atoms with E-state index >= 15 is 0 Å². The Morgan fingerprint density at radius 3 is 2.26 bits per heavy atom. The molecule has 1 unspecified atom stereocenters. The van der Waals surface area contributed by atoms with Gasteiger partial charge in [0, 0.05) is 36.9 Å². The fraction of sp³-hybridized carbons (Fsp3) is 0.581. The molecule has 1 saturated heterocycles. The van der Waals surface area contributed by atoms with Crippen molar-refractivity contribution in [3.63, 3.8) is 0 Å². The molecule has 1 aromatic carbocycles. The summed E-state index contributed by atoms with van der Waals surface area (Å²) in [4.78, 5) is 7.65. The van der Waals surface area contributed by atoms with Crippen LogP contribution in [-0.4, -0.2) is 22.6 Å². The lowest BCUT2D eigenvalue weighted by Gasteiger charge is -2.39. The third kappa shape index (κ3) is 5.26. The summed E-state index contributed by atoms with van der Waals surface area (Å²) >= 11 is 0. The van der Waals surface area contributed by atoms with Gasteiger partial charge in [0.2, 0.25) is 0 Å². The Morgan fingerprint density at radius 1 is 0.886 bits per heavy atom. The number of hydrogen-bond donors (Lipinski definition) is 0. The second-order valence-corrected chi connectivity index (χ2v) is 12.0. The molecule has 1 atom stereocenters. The molecule has 190 valence electrons. The van der Waals surface area contributed by atoms with Crippen LogP contribution in [0.1, 0.15) is 88.1 Å². The van der Waals surface area contributed by atoms with Crippen molar-refractivity contribution in [3.05, 3.63) is 58.9 Å². The second-order valence-electron chi connectivity index (χ2n) is 12.0. The van der Waals surface area contributed by atoms with E-state index in [0.717, 1.165) is 24.9 Å². The minimum Gasteiger partial charge on any atom is -0.355 e. The van der Waals surface area contributed by atoms with Crippen molar-refractivity contribution in [2.45, 2.75) is 91.5 Å². The lowest BCUT2D eigenvalue weighted by Crippen LogP contribution is -2.39. The quantitative estimate of drug-likeness (QED) is 0.365. The van der Waals surface area contributed by atoms with E-state index in [4.69, 9.17) is 4.98 Å². The number of piperidine rings is 1. The monoisotopic (exact) mass is 493 g/mol. The van der Waals surface area contributed by atoms with Gasteiger partial charge in [-0.25, -0.2) is 4.98 Å². The van der Waals surface area contributed by atoms with Crippen LogP contribution in [0.2, 0.25) is 0 Å². The van der Waals surface area contributed by atoms with Crippen molar-refractivity contribution < 1.29 is 0 Å². The molecule has 5 rings (SSSR count). The number of aryl methyl sites for hydroxylation is 1. The van der Waals surface area contributed by atoms with E-state index in [0.29, 0.717) is 0 Å². The zero-order valence-corrected chi connectivity index (χ0v) is 23.3. The summed E-state index contributed by atoms with van der Waals surface area (Å²) in [5.41, 5.74) is 7.04. The van der Waals surface area contributed by atoms with Crippen molar-refractivity contribution >= 4 is 29.1 Å². The summed E-state index contributed by atoms with van der Waals surface area (Å²) in [6, 6.07) is 11.5. The molecule has 1 saturated carbocycles. The molecule has 3 nitrogen and oxygen atoms in total. The first-order valence-corrected chi connectivity index (χ1v) is 13.6. The molecule has 2 aliphatic rings. The highest BCUT2D eigenvalue weighted by molar-refractivity contribution is 5.93. The van der Waals surface area contributed by atoms with Crippen LogP contribution in [0.15, 0.2) is 36.5 Å². The molecule has 2 aromatic heterocycles. The van der Waals surface area contributed by atoms with Crippen LogP contribution >= 0.6 is 12.4 Å². The number of halogens is 1. The molecule has 0 bridgehead atoms. The number of fused-ring (bicyclic) bond motifs is 1. The van der Waals surface area contributed by atoms with Crippen LogP contribution in [0.5, 0.6) is 0 Å². The van der Waals surface area contributed by atoms with E-state index in [1.165, 1.54) is 90.6 Å². The van der Waals surface area contributed by atoms with Gasteiger partial charge in [-0.15, -0.1) is 12.4 Å². The van der Waals surface area contributed by atoms with Crippen molar-refractivity contribution in [3.8, 4) is 0 Å². The van der Waals surface area contributed by atoms with Gasteiger partial charge in [0.15, 0.2) is 5.82 Å². The summed E-state index contributed by atoms with van der Waals surface area (Å²) in [6.07, 6.45) is 11.9. The zero-order valence-electron chi connectivity index (χ0n) is 22.4. The molecule has 0 amide bonds. The molecular formula is C31H44ClN3. The molecule has 2 fully saturated rings. The molecule has 35 heavy (non-hydrogen) atoms. The molecule has 4 heteroatoms. The maximum absolute atomic E-state index is 5.02. The highest BCUT2D eigenvalue weighted by Crippen LogP contribution is 2.38. The molecule has 3 heterocycles. The van der Waals surface area contributed by atoms with Crippen LogP contribution in [0, 0.1) is 25.7 Å². The Morgan fingerprint density at radius 2 is 1.57 bits per heavy atom. The number of benzene rings is 1. The minimum absolute atomic E-state index is 0. The third-order valence-electron chi connectivity index (χ3n) is 8.76. The first-order valence-electron chi connectivity index (χ1n) is 13.6. The van der Waals surface area contributed by atoms with Crippen molar-refractivity contribution in [1.82, 2.24) is 9.55 Å². The molecular weight excluding hydrogens is 450 g/mol. The highest BCUT2D eigenvalue weighted by atomic mass is 35.5. The van der Waals surface area contributed by atoms with Crippen LogP contribution in [-0.2, 0) is 12.0 Å². The average molecular weight is 494 g/mol. The number of aromatic nitrogens is 2. The fourth-order valence-corrected chi connectivity index (χ4v) is 6.49. The fourth-order valence-electron chi connectivity index (χ4n) is 6.49. The van der Waals surface area contributed by atoms with Gasteiger partial charge in [-0.1, -0.05) is 77.1 Å². The van der Waals surface area contributed by atoms with E-state index < -0.39 is 0 Å². The summed E-state index contributed by atoms with van der Waals surface area (Å²) in [6.45, 7) is 14.6.